The zero-order chi connectivity index (χ0) is 19.1. The first-order valence-electron chi connectivity index (χ1n) is 6.35. The number of benzene rings is 1. The van der Waals surface area contributed by atoms with Crippen LogP contribution in [0.5, 0.6) is 0 Å². The van der Waals surface area contributed by atoms with Crippen molar-refractivity contribution in [3.8, 4) is 6.07 Å². The van der Waals surface area contributed by atoms with E-state index in [1.54, 1.807) is 6.07 Å². The normalized spacial score (nSPS) is 19.1. The Morgan fingerprint density at radius 2 is 1.88 bits per heavy atom. The third-order valence-electron chi connectivity index (χ3n) is 3.19. The lowest BCUT2D eigenvalue weighted by Crippen LogP contribution is -2.38. The quantitative estimate of drug-likeness (QED) is 0.327. The van der Waals surface area contributed by atoms with Gasteiger partial charge in [-0.2, -0.15) is 18.4 Å². The maximum atomic E-state index is 14.4. The number of rotatable bonds is 3. The van der Waals surface area contributed by atoms with E-state index in [4.69, 9.17) is 40.1 Å². The van der Waals surface area contributed by atoms with Crippen LogP contribution in [0.1, 0.15) is 12.5 Å². The number of anilines is 1. The van der Waals surface area contributed by atoms with Gasteiger partial charge in [0.15, 0.2) is 16.0 Å². The molecule has 0 saturated carbocycles. The molecule has 2 rings (SSSR count). The molecule has 0 bridgehead atoms. The fourth-order valence-corrected chi connectivity index (χ4v) is 3.65. The van der Waals surface area contributed by atoms with Gasteiger partial charge in [-0.05, 0) is 31.0 Å². The Morgan fingerprint density at radius 3 is 2.32 bits per heavy atom. The molecule has 1 atom stereocenters. The third kappa shape index (κ3) is 3.93. The van der Waals surface area contributed by atoms with Crippen molar-refractivity contribution < 1.29 is 22.0 Å². The van der Waals surface area contributed by atoms with E-state index in [1.807, 2.05) is 0 Å². The van der Waals surface area contributed by atoms with E-state index in [0.29, 0.717) is 18.0 Å². The standard InChI is InChI=1S/C13H7Cl3F5N3S/c1-5-10(18)9(4-22)24(25-12(15)16)23(5)11-7(14)2-6(3-8(11)17)13(19,20)21/h2-3,9,12H,1H3. The first kappa shape index (κ1) is 20.4. The molecule has 0 aromatic heterocycles. The molecule has 1 unspecified atom stereocenters. The van der Waals surface area contributed by atoms with Crippen molar-refractivity contribution in [2.75, 3.05) is 5.01 Å². The molecule has 25 heavy (non-hydrogen) atoms. The molecule has 1 heterocycles. The highest BCUT2D eigenvalue weighted by atomic mass is 35.5. The van der Waals surface area contributed by atoms with Crippen molar-refractivity contribution in [2.24, 2.45) is 0 Å². The summed E-state index contributed by atoms with van der Waals surface area (Å²) in [4.78, 5) is 0. The summed E-state index contributed by atoms with van der Waals surface area (Å²) < 4.78 is 66.7. The predicted octanol–water partition coefficient (Wildman–Crippen LogP) is 6.04. The first-order valence-corrected chi connectivity index (χ1v) is 8.44. The summed E-state index contributed by atoms with van der Waals surface area (Å²) in [6, 6.07) is 0.881. The largest absolute Gasteiger partial charge is 0.416 e. The molecular weight excluding hydrogens is 432 g/mol. The van der Waals surface area contributed by atoms with E-state index < -0.39 is 44.3 Å². The topological polar surface area (TPSA) is 30.3 Å². The van der Waals surface area contributed by atoms with E-state index in [2.05, 4.69) is 0 Å². The van der Waals surface area contributed by atoms with Gasteiger partial charge in [0.1, 0.15) is 11.5 Å². The SMILES string of the molecule is CC1=C(F)C(C#N)N(SC(Cl)Cl)N1c1c(F)cc(C(F)(F)F)cc1Cl. The minimum absolute atomic E-state index is 0.228. The molecule has 0 saturated heterocycles. The number of nitriles is 1. The number of hydrogen-bond acceptors (Lipinski definition) is 4. The van der Waals surface area contributed by atoms with Crippen LogP contribution < -0.4 is 5.01 Å². The van der Waals surface area contributed by atoms with Crippen molar-refractivity contribution in [3.63, 3.8) is 0 Å². The third-order valence-corrected chi connectivity index (χ3v) is 4.70. The molecule has 1 aromatic rings. The van der Waals surface area contributed by atoms with Gasteiger partial charge in [-0.25, -0.2) is 8.78 Å². The molecule has 1 aromatic carbocycles. The Labute approximate surface area is 158 Å². The summed E-state index contributed by atoms with van der Waals surface area (Å²) in [5.74, 6) is -2.28. The second-order valence-corrected chi connectivity index (χ2v) is 7.81. The molecule has 136 valence electrons. The number of halogens is 8. The fourth-order valence-electron chi connectivity index (χ4n) is 2.15. The molecule has 1 aliphatic heterocycles. The zero-order valence-electron chi connectivity index (χ0n) is 12.1. The van der Waals surface area contributed by atoms with Gasteiger partial charge in [0.2, 0.25) is 0 Å². The van der Waals surface area contributed by atoms with Gasteiger partial charge in [0, 0.05) is 0 Å². The second-order valence-electron chi connectivity index (χ2n) is 4.73. The number of hydrazine groups is 1. The van der Waals surface area contributed by atoms with Crippen LogP contribution in [-0.4, -0.2) is 14.6 Å². The van der Waals surface area contributed by atoms with E-state index in [1.165, 1.54) is 6.92 Å². The Hall–Kier alpha value is -0.920. The van der Waals surface area contributed by atoms with Crippen LogP contribution in [-0.2, 0) is 6.18 Å². The van der Waals surface area contributed by atoms with Gasteiger partial charge in [-0.15, -0.1) is 4.41 Å². The van der Waals surface area contributed by atoms with Crippen LogP contribution in [0.4, 0.5) is 27.6 Å². The zero-order valence-corrected chi connectivity index (χ0v) is 15.2. The van der Waals surface area contributed by atoms with E-state index in [-0.39, 0.29) is 11.8 Å². The highest BCUT2D eigenvalue weighted by Crippen LogP contribution is 2.46. The Kier molecular flexibility index (Phi) is 6.01. The van der Waals surface area contributed by atoms with Crippen molar-refractivity contribution in [1.82, 2.24) is 4.41 Å². The summed E-state index contributed by atoms with van der Waals surface area (Å²) in [5.41, 5.74) is -2.08. The van der Waals surface area contributed by atoms with Gasteiger partial charge in [-0.3, -0.25) is 5.01 Å². The molecular formula is C13H7Cl3F5N3S. The van der Waals surface area contributed by atoms with Crippen molar-refractivity contribution in [3.05, 3.63) is 40.1 Å². The Morgan fingerprint density at radius 1 is 1.28 bits per heavy atom. The molecule has 0 amide bonds. The molecule has 0 N–H and O–H groups in total. The maximum Gasteiger partial charge on any atom is 0.416 e. The summed E-state index contributed by atoms with van der Waals surface area (Å²) in [6.07, 6.45) is -4.81. The maximum absolute atomic E-state index is 14.4. The van der Waals surface area contributed by atoms with Crippen LogP contribution in [0.15, 0.2) is 23.7 Å². The molecule has 3 nitrogen and oxygen atoms in total. The van der Waals surface area contributed by atoms with Crippen LogP contribution in [0.3, 0.4) is 0 Å². The Balaban J connectivity index is 2.60. The molecule has 12 heteroatoms. The van der Waals surface area contributed by atoms with Gasteiger partial charge in [-0.1, -0.05) is 34.8 Å². The minimum Gasteiger partial charge on any atom is -0.260 e. The lowest BCUT2D eigenvalue weighted by molar-refractivity contribution is -0.137. The highest BCUT2D eigenvalue weighted by Gasteiger charge is 2.43. The molecule has 0 aliphatic carbocycles. The number of allylic oxidation sites excluding steroid dienone is 1. The van der Waals surface area contributed by atoms with Gasteiger partial charge in [0.05, 0.1) is 22.4 Å². The summed E-state index contributed by atoms with van der Waals surface area (Å²) in [6.45, 7) is 1.21. The summed E-state index contributed by atoms with van der Waals surface area (Å²) in [7, 11) is 0. The van der Waals surface area contributed by atoms with Crippen molar-refractivity contribution >= 4 is 52.4 Å². The number of hydrogen-bond donors (Lipinski definition) is 0. The first-order chi connectivity index (χ1) is 11.5. The molecule has 0 radical (unpaired) electrons. The monoisotopic (exact) mass is 437 g/mol. The van der Waals surface area contributed by atoms with Crippen LogP contribution >= 0.6 is 46.8 Å². The van der Waals surface area contributed by atoms with E-state index in [0.717, 1.165) is 9.42 Å². The number of nitrogens with zero attached hydrogens (tertiary/aromatic N) is 3. The van der Waals surface area contributed by atoms with Gasteiger partial charge >= 0.3 is 6.18 Å². The second kappa shape index (κ2) is 7.37. The molecule has 0 spiro atoms. The minimum atomic E-state index is -4.81. The van der Waals surface area contributed by atoms with E-state index >= 15 is 0 Å². The summed E-state index contributed by atoms with van der Waals surface area (Å²) in [5, 5.41) is 9.34. The smallest absolute Gasteiger partial charge is 0.260 e. The van der Waals surface area contributed by atoms with Crippen LogP contribution in [0.25, 0.3) is 0 Å². The van der Waals surface area contributed by atoms with Gasteiger partial charge < -0.3 is 0 Å². The van der Waals surface area contributed by atoms with Crippen LogP contribution in [0.2, 0.25) is 5.02 Å². The lowest BCUT2D eigenvalue weighted by atomic mass is 10.1. The fraction of sp³-hybridized carbons (Fsp3) is 0.308. The van der Waals surface area contributed by atoms with Gasteiger partial charge in [0.25, 0.3) is 0 Å². The predicted molar refractivity (Wildman–Crippen MR) is 87.0 cm³/mol. The average Bonchev–Trinajstić information content (AvgIpc) is 2.69. The van der Waals surface area contributed by atoms with Crippen LogP contribution in [0, 0.1) is 17.1 Å². The average molecular weight is 439 g/mol. The number of alkyl halides is 5. The molecule has 1 aliphatic rings. The molecule has 0 fully saturated rings. The van der Waals surface area contributed by atoms with Crippen molar-refractivity contribution in [1.29, 1.82) is 5.26 Å². The van der Waals surface area contributed by atoms with E-state index in [9.17, 15) is 22.0 Å². The highest BCUT2D eigenvalue weighted by molar-refractivity contribution is 8.00. The summed E-state index contributed by atoms with van der Waals surface area (Å²) >= 11 is 17.6. The lowest BCUT2D eigenvalue weighted by Gasteiger charge is -2.32. The Bertz CT molecular complexity index is 739. The van der Waals surface area contributed by atoms with Crippen molar-refractivity contribution in [2.45, 2.75) is 23.3 Å².